The first-order chi connectivity index (χ1) is 9.54. The molecule has 0 amide bonds. The summed E-state index contributed by atoms with van der Waals surface area (Å²) in [4.78, 5) is 12.2. The number of hydrogen-bond donors (Lipinski definition) is 0. The highest BCUT2D eigenvalue weighted by Gasteiger charge is 2.10. The van der Waals surface area contributed by atoms with Crippen LogP contribution in [-0.2, 0) is 0 Å². The Morgan fingerprint density at radius 3 is 2.55 bits per heavy atom. The summed E-state index contributed by atoms with van der Waals surface area (Å²) >= 11 is 15.3. The zero-order valence-electron chi connectivity index (χ0n) is 9.99. The minimum Gasteiger partial charge on any atom is -0.456 e. The summed E-state index contributed by atoms with van der Waals surface area (Å²) in [6.45, 7) is 0. The Morgan fingerprint density at radius 2 is 1.80 bits per heavy atom. The normalized spacial score (nSPS) is 10.9. The van der Waals surface area contributed by atoms with Gasteiger partial charge in [0, 0.05) is 21.1 Å². The van der Waals surface area contributed by atoms with Crippen LogP contribution in [0.25, 0.3) is 22.3 Å². The van der Waals surface area contributed by atoms with Crippen LogP contribution in [0.1, 0.15) is 0 Å². The molecular weight excluding hydrogens is 363 g/mol. The second-order valence-corrected chi connectivity index (χ2v) is 6.00. The van der Waals surface area contributed by atoms with E-state index in [1.54, 1.807) is 30.3 Å². The molecule has 0 saturated heterocycles. The number of halogens is 3. The molecule has 0 saturated carbocycles. The van der Waals surface area contributed by atoms with Gasteiger partial charge in [-0.15, -0.1) is 0 Å². The van der Waals surface area contributed by atoms with Gasteiger partial charge in [0.25, 0.3) is 0 Å². The van der Waals surface area contributed by atoms with Crippen molar-refractivity contribution >= 4 is 50.1 Å². The van der Waals surface area contributed by atoms with E-state index >= 15 is 0 Å². The summed E-state index contributed by atoms with van der Waals surface area (Å²) in [5, 5.41) is 1.50. The molecule has 5 heteroatoms. The van der Waals surface area contributed by atoms with E-state index in [4.69, 9.17) is 27.6 Å². The molecule has 3 rings (SSSR count). The van der Waals surface area contributed by atoms with Gasteiger partial charge in [0.1, 0.15) is 11.3 Å². The quantitative estimate of drug-likeness (QED) is 0.564. The van der Waals surface area contributed by atoms with Crippen LogP contribution in [0.2, 0.25) is 10.0 Å². The molecule has 0 atom stereocenters. The number of benzene rings is 2. The minimum absolute atomic E-state index is 0.117. The van der Waals surface area contributed by atoms with E-state index in [2.05, 4.69) is 15.9 Å². The lowest BCUT2D eigenvalue weighted by Crippen LogP contribution is -2.00. The van der Waals surface area contributed by atoms with Crippen molar-refractivity contribution in [3.05, 3.63) is 67.2 Å². The summed E-state index contributed by atoms with van der Waals surface area (Å²) in [5.41, 5.74) is 1.04. The van der Waals surface area contributed by atoms with Crippen molar-refractivity contribution in [3.8, 4) is 11.3 Å². The minimum atomic E-state index is -0.117. The van der Waals surface area contributed by atoms with Crippen molar-refractivity contribution in [2.45, 2.75) is 0 Å². The Kier molecular flexibility index (Phi) is 3.59. The van der Waals surface area contributed by atoms with E-state index in [1.807, 2.05) is 6.07 Å². The van der Waals surface area contributed by atoms with Gasteiger partial charge in [-0.05, 0) is 36.4 Å². The average Bonchev–Trinajstić information content (AvgIpc) is 2.39. The van der Waals surface area contributed by atoms with Crippen molar-refractivity contribution in [3.63, 3.8) is 0 Å². The molecule has 0 aliphatic heterocycles. The second-order valence-electron chi connectivity index (χ2n) is 4.24. The van der Waals surface area contributed by atoms with Crippen molar-refractivity contribution in [2.24, 2.45) is 0 Å². The largest absolute Gasteiger partial charge is 0.456 e. The van der Waals surface area contributed by atoms with Crippen molar-refractivity contribution in [1.82, 2.24) is 0 Å². The summed E-state index contributed by atoms with van der Waals surface area (Å²) in [6.07, 6.45) is 0. The topological polar surface area (TPSA) is 30.2 Å². The van der Waals surface area contributed by atoms with Crippen LogP contribution in [0.3, 0.4) is 0 Å². The molecule has 0 unspecified atom stereocenters. The third-order valence-electron chi connectivity index (χ3n) is 2.89. The van der Waals surface area contributed by atoms with E-state index in [0.717, 1.165) is 4.47 Å². The van der Waals surface area contributed by atoms with Gasteiger partial charge in [-0.3, -0.25) is 4.79 Å². The highest BCUT2D eigenvalue weighted by molar-refractivity contribution is 9.10. The fourth-order valence-electron chi connectivity index (χ4n) is 1.95. The van der Waals surface area contributed by atoms with Crippen LogP contribution in [0.4, 0.5) is 0 Å². The van der Waals surface area contributed by atoms with Crippen LogP contribution in [0.5, 0.6) is 0 Å². The maximum atomic E-state index is 12.2. The lowest BCUT2D eigenvalue weighted by molar-refractivity contribution is 0.619. The van der Waals surface area contributed by atoms with Gasteiger partial charge >= 0.3 is 0 Å². The molecule has 2 aromatic carbocycles. The van der Waals surface area contributed by atoms with Gasteiger partial charge in [0.05, 0.1) is 10.4 Å². The lowest BCUT2D eigenvalue weighted by Gasteiger charge is -2.05. The van der Waals surface area contributed by atoms with Crippen molar-refractivity contribution < 1.29 is 4.42 Å². The Bertz CT molecular complexity index is 871. The smallest absolute Gasteiger partial charge is 0.193 e. The first-order valence-corrected chi connectivity index (χ1v) is 7.28. The molecule has 0 spiro atoms. The van der Waals surface area contributed by atoms with Crippen LogP contribution in [0, 0.1) is 0 Å². The number of hydrogen-bond acceptors (Lipinski definition) is 2. The Morgan fingerprint density at radius 1 is 1.00 bits per heavy atom. The molecule has 100 valence electrons. The van der Waals surface area contributed by atoms with E-state index < -0.39 is 0 Å². The standard InChI is InChI=1S/C15H7BrCl2O2/c16-8-1-4-14-11(5-8)13(19)7-15(20-14)10-3-2-9(17)6-12(10)18/h1-7H. The first-order valence-electron chi connectivity index (χ1n) is 5.73. The maximum absolute atomic E-state index is 12.2. The van der Waals surface area contributed by atoms with Gasteiger partial charge in [0.2, 0.25) is 0 Å². The van der Waals surface area contributed by atoms with Crippen LogP contribution < -0.4 is 5.43 Å². The summed E-state index contributed by atoms with van der Waals surface area (Å²) < 4.78 is 6.58. The molecular formula is C15H7BrCl2O2. The first kappa shape index (κ1) is 13.7. The van der Waals surface area contributed by atoms with Gasteiger partial charge in [-0.2, -0.15) is 0 Å². The van der Waals surface area contributed by atoms with Crippen LogP contribution >= 0.6 is 39.1 Å². The molecule has 2 nitrogen and oxygen atoms in total. The molecule has 0 aliphatic rings. The zero-order valence-corrected chi connectivity index (χ0v) is 13.1. The van der Waals surface area contributed by atoms with E-state index in [1.165, 1.54) is 6.07 Å². The molecule has 3 aromatic rings. The van der Waals surface area contributed by atoms with E-state index in [-0.39, 0.29) is 5.43 Å². The van der Waals surface area contributed by atoms with Crippen molar-refractivity contribution in [2.75, 3.05) is 0 Å². The second kappa shape index (κ2) is 5.24. The predicted octanol–water partition coefficient (Wildman–Crippen LogP) is 5.53. The van der Waals surface area contributed by atoms with Crippen LogP contribution in [0.15, 0.2) is 56.1 Å². The Hall–Kier alpha value is -1.29. The predicted molar refractivity (Wildman–Crippen MR) is 85.6 cm³/mol. The lowest BCUT2D eigenvalue weighted by atomic mass is 10.1. The molecule has 0 radical (unpaired) electrons. The third kappa shape index (κ3) is 2.49. The number of rotatable bonds is 1. The van der Waals surface area contributed by atoms with E-state index in [0.29, 0.717) is 32.3 Å². The fraction of sp³-hybridized carbons (Fsp3) is 0. The van der Waals surface area contributed by atoms with Gasteiger partial charge < -0.3 is 4.42 Å². The highest BCUT2D eigenvalue weighted by Crippen LogP contribution is 2.31. The van der Waals surface area contributed by atoms with E-state index in [9.17, 15) is 4.79 Å². The molecule has 1 heterocycles. The maximum Gasteiger partial charge on any atom is 0.193 e. The molecule has 0 aliphatic carbocycles. The summed E-state index contributed by atoms with van der Waals surface area (Å²) in [7, 11) is 0. The Labute approximate surface area is 133 Å². The Balaban J connectivity index is 2.27. The molecule has 0 N–H and O–H groups in total. The van der Waals surface area contributed by atoms with Crippen LogP contribution in [-0.4, -0.2) is 0 Å². The molecule has 20 heavy (non-hydrogen) atoms. The summed E-state index contributed by atoms with van der Waals surface area (Å²) in [5.74, 6) is 0.423. The van der Waals surface area contributed by atoms with Gasteiger partial charge in [-0.25, -0.2) is 0 Å². The average molecular weight is 370 g/mol. The molecule has 1 aromatic heterocycles. The highest BCUT2D eigenvalue weighted by atomic mass is 79.9. The SMILES string of the molecule is O=c1cc(-c2ccc(Cl)cc2Cl)oc2ccc(Br)cc12. The summed E-state index contributed by atoms with van der Waals surface area (Å²) in [6, 6.07) is 11.8. The third-order valence-corrected chi connectivity index (χ3v) is 3.93. The van der Waals surface area contributed by atoms with Gasteiger partial charge in [-0.1, -0.05) is 39.1 Å². The fourth-order valence-corrected chi connectivity index (χ4v) is 2.81. The monoisotopic (exact) mass is 368 g/mol. The van der Waals surface area contributed by atoms with Crippen molar-refractivity contribution in [1.29, 1.82) is 0 Å². The molecule has 0 bridgehead atoms. The number of fused-ring (bicyclic) bond motifs is 1. The van der Waals surface area contributed by atoms with Gasteiger partial charge in [0.15, 0.2) is 5.43 Å². The molecule has 0 fully saturated rings. The zero-order chi connectivity index (χ0) is 14.3.